The number of carbonyl (C=O) groups is 1. The van der Waals surface area contributed by atoms with E-state index in [1.807, 2.05) is 22.6 Å². The molecule has 1 fully saturated rings. The van der Waals surface area contributed by atoms with Crippen LogP contribution in [-0.2, 0) is 4.79 Å². The van der Waals surface area contributed by atoms with Gasteiger partial charge in [-0.25, -0.2) is 4.79 Å². The van der Waals surface area contributed by atoms with Crippen molar-refractivity contribution in [2.24, 2.45) is 5.92 Å². The number of hydrogen-bond acceptors (Lipinski definition) is 5. The van der Waals surface area contributed by atoms with Crippen molar-refractivity contribution in [3.8, 4) is 0 Å². The molecule has 0 spiro atoms. The van der Waals surface area contributed by atoms with Gasteiger partial charge in [-0.05, 0) is 10.2 Å². The van der Waals surface area contributed by atoms with Crippen molar-refractivity contribution in [3.05, 3.63) is 36.7 Å². The van der Waals surface area contributed by atoms with Gasteiger partial charge in [0.05, 0.1) is 30.2 Å². The Morgan fingerprint density at radius 3 is 2.70 bits per heavy atom. The highest BCUT2D eigenvalue weighted by Crippen LogP contribution is 2.30. The predicted molar refractivity (Wildman–Crippen MR) is 79.6 cm³/mol. The molecule has 0 aliphatic heterocycles. The van der Waals surface area contributed by atoms with Crippen LogP contribution in [0.2, 0.25) is 0 Å². The number of H-pyrrole nitrogens is 1. The van der Waals surface area contributed by atoms with Crippen molar-refractivity contribution in [1.29, 1.82) is 0 Å². The lowest BCUT2D eigenvalue weighted by atomic mass is 10.1. The van der Waals surface area contributed by atoms with Crippen LogP contribution in [0.5, 0.6) is 0 Å². The highest BCUT2D eigenvalue weighted by atomic mass is 127. The van der Waals surface area contributed by atoms with Crippen molar-refractivity contribution in [2.75, 3.05) is 6.61 Å². The number of nitrogens with one attached hydrogen (secondary N) is 1. The molecule has 0 saturated heterocycles. The lowest BCUT2D eigenvalue weighted by Crippen LogP contribution is -2.35. The summed E-state index contributed by atoms with van der Waals surface area (Å²) in [6.45, 7) is -0.463. The maximum atomic E-state index is 12.1. The Morgan fingerprint density at radius 2 is 2.15 bits per heavy atom. The summed E-state index contributed by atoms with van der Waals surface area (Å²) in [5.74, 6) is -1.29. The minimum Gasteiger partial charge on any atom is -0.396 e. The van der Waals surface area contributed by atoms with E-state index in [0.717, 1.165) is 4.57 Å². The number of Topliss-reactive ketones (excluding diaryl/α,β-unsaturated/α-hetero) is 1. The van der Waals surface area contributed by atoms with Crippen molar-refractivity contribution >= 4 is 34.5 Å². The zero-order valence-corrected chi connectivity index (χ0v) is 12.5. The number of nitrogens with zero attached hydrogens (tertiary/aromatic N) is 1. The molecule has 1 aliphatic carbocycles. The zero-order valence-electron chi connectivity index (χ0n) is 10.3. The average molecular weight is 392 g/mol. The zero-order chi connectivity index (χ0) is 14.9. The van der Waals surface area contributed by atoms with Crippen LogP contribution >= 0.6 is 22.6 Å². The molecule has 0 bridgehead atoms. The number of rotatable bonds is 3. The summed E-state index contributed by atoms with van der Waals surface area (Å²) < 4.78 is 2.72. The molecule has 8 heteroatoms. The Morgan fingerprint density at radius 1 is 1.45 bits per heavy atom. The van der Waals surface area contributed by atoms with Gasteiger partial charge in [0, 0.05) is 12.6 Å². The van der Waals surface area contributed by atoms with E-state index < -0.39 is 41.7 Å². The second-order valence-electron chi connectivity index (χ2n) is 4.55. The van der Waals surface area contributed by atoms with Crippen LogP contribution in [0.25, 0.3) is 6.08 Å². The molecular weight excluding hydrogens is 379 g/mol. The van der Waals surface area contributed by atoms with E-state index in [1.165, 1.54) is 12.3 Å². The second-order valence-corrected chi connectivity index (χ2v) is 5.27. The van der Waals surface area contributed by atoms with Gasteiger partial charge in [-0.2, -0.15) is 0 Å². The molecule has 20 heavy (non-hydrogen) atoms. The fraction of sp³-hybridized carbons (Fsp3) is 0.417. The Kier molecular flexibility index (Phi) is 4.55. The minimum absolute atomic E-state index is 0.0450. The van der Waals surface area contributed by atoms with E-state index in [2.05, 4.69) is 4.98 Å². The van der Waals surface area contributed by atoms with Gasteiger partial charge in [0.25, 0.3) is 5.56 Å². The number of ketones is 1. The van der Waals surface area contributed by atoms with E-state index in [-0.39, 0.29) is 12.0 Å². The maximum absolute atomic E-state index is 12.1. The summed E-state index contributed by atoms with van der Waals surface area (Å²) in [6.07, 6.45) is 1.86. The number of halogens is 1. The van der Waals surface area contributed by atoms with Gasteiger partial charge < -0.3 is 10.2 Å². The SMILES string of the molecule is O=C1C(CO)C(O)CC1n1cc(/C=C/I)c(=O)[nH]c1=O. The molecule has 1 aromatic rings. The van der Waals surface area contributed by atoms with Crippen molar-refractivity contribution < 1.29 is 15.0 Å². The molecule has 3 atom stereocenters. The van der Waals surface area contributed by atoms with E-state index in [9.17, 15) is 19.5 Å². The van der Waals surface area contributed by atoms with Crippen molar-refractivity contribution in [1.82, 2.24) is 9.55 Å². The molecule has 1 heterocycles. The summed E-state index contributed by atoms with van der Waals surface area (Å²) >= 11 is 1.93. The monoisotopic (exact) mass is 392 g/mol. The number of aliphatic hydroxyl groups excluding tert-OH is 2. The van der Waals surface area contributed by atoms with Crippen LogP contribution in [0.1, 0.15) is 18.0 Å². The number of aromatic amines is 1. The molecule has 3 unspecified atom stereocenters. The third-order valence-corrected chi connectivity index (χ3v) is 3.75. The van der Waals surface area contributed by atoms with Gasteiger partial charge >= 0.3 is 5.69 Å². The first-order valence-electron chi connectivity index (χ1n) is 5.94. The number of carbonyl (C=O) groups excluding carboxylic acids is 1. The molecular formula is C12H13IN2O5. The van der Waals surface area contributed by atoms with Gasteiger partial charge in [0.15, 0.2) is 5.78 Å². The van der Waals surface area contributed by atoms with Gasteiger partial charge in [-0.1, -0.05) is 22.6 Å². The van der Waals surface area contributed by atoms with Gasteiger partial charge in [-0.3, -0.25) is 19.1 Å². The Bertz CT molecular complexity index is 663. The highest BCUT2D eigenvalue weighted by Gasteiger charge is 2.42. The normalized spacial score (nSPS) is 26.6. The second kappa shape index (κ2) is 6.02. The van der Waals surface area contributed by atoms with Gasteiger partial charge in [0.2, 0.25) is 0 Å². The van der Waals surface area contributed by atoms with Crippen LogP contribution in [0.3, 0.4) is 0 Å². The van der Waals surface area contributed by atoms with Gasteiger partial charge in [0.1, 0.15) is 0 Å². The molecule has 0 amide bonds. The molecule has 3 N–H and O–H groups in total. The van der Waals surface area contributed by atoms with Crippen LogP contribution < -0.4 is 11.2 Å². The smallest absolute Gasteiger partial charge is 0.329 e. The predicted octanol–water partition coefficient (Wildman–Crippen LogP) is -0.574. The minimum atomic E-state index is -0.986. The molecule has 108 valence electrons. The summed E-state index contributed by atoms with van der Waals surface area (Å²) in [7, 11) is 0. The van der Waals surface area contributed by atoms with E-state index in [4.69, 9.17) is 5.11 Å². The lowest BCUT2D eigenvalue weighted by Gasteiger charge is -2.12. The lowest BCUT2D eigenvalue weighted by molar-refractivity contribution is -0.125. The Balaban J connectivity index is 2.49. The Hall–Kier alpha value is -1.26. The summed E-state index contributed by atoms with van der Waals surface area (Å²) in [5, 5.41) is 18.8. The molecule has 1 aliphatic rings. The fourth-order valence-corrected chi connectivity index (χ4v) is 2.71. The van der Waals surface area contributed by atoms with Gasteiger partial charge in [-0.15, -0.1) is 0 Å². The highest BCUT2D eigenvalue weighted by molar-refractivity contribution is 14.1. The largest absolute Gasteiger partial charge is 0.396 e. The molecule has 0 radical (unpaired) electrons. The standard InChI is InChI=1S/C12H13IN2O5/c13-2-1-6-4-15(12(20)14-11(6)19)8-3-9(17)7(5-16)10(8)18/h1-2,4,7-9,16-17H,3,5H2,(H,14,19,20)/b2-1+. The number of hydrogen-bond donors (Lipinski definition) is 3. The third kappa shape index (κ3) is 2.63. The molecule has 1 saturated carbocycles. The van der Waals surface area contributed by atoms with Crippen molar-refractivity contribution in [2.45, 2.75) is 18.6 Å². The third-order valence-electron chi connectivity index (χ3n) is 3.39. The van der Waals surface area contributed by atoms with Crippen LogP contribution in [-0.4, -0.2) is 38.3 Å². The number of aromatic nitrogens is 2. The Labute approximate surface area is 127 Å². The van der Waals surface area contributed by atoms with Crippen LogP contribution in [0, 0.1) is 5.92 Å². The molecule has 2 rings (SSSR count). The summed E-state index contributed by atoms with van der Waals surface area (Å²) in [6, 6.07) is -0.868. The molecule has 0 aromatic carbocycles. The molecule has 7 nitrogen and oxygen atoms in total. The van der Waals surface area contributed by atoms with E-state index in [0.29, 0.717) is 0 Å². The first kappa shape index (κ1) is 15.1. The quantitative estimate of drug-likeness (QED) is 0.597. The maximum Gasteiger partial charge on any atom is 0.329 e. The van der Waals surface area contributed by atoms with E-state index >= 15 is 0 Å². The first-order valence-corrected chi connectivity index (χ1v) is 7.19. The van der Waals surface area contributed by atoms with Crippen molar-refractivity contribution in [3.63, 3.8) is 0 Å². The van der Waals surface area contributed by atoms with Crippen LogP contribution in [0.15, 0.2) is 19.9 Å². The van der Waals surface area contributed by atoms with E-state index in [1.54, 1.807) is 4.08 Å². The number of aliphatic hydroxyl groups is 2. The average Bonchev–Trinajstić information content (AvgIpc) is 2.68. The summed E-state index contributed by atoms with van der Waals surface area (Å²) in [5.41, 5.74) is -0.998. The topological polar surface area (TPSA) is 112 Å². The molecule has 1 aromatic heterocycles. The van der Waals surface area contributed by atoms with Crippen LogP contribution in [0.4, 0.5) is 0 Å². The summed E-state index contributed by atoms with van der Waals surface area (Å²) in [4.78, 5) is 37.6. The fourth-order valence-electron chi connectivity index (χ4n) is 2.33. The first-order chi connectivity index (χ1) is 9.49.